The maximum absolute atomic E-state index is 10.7. The van der Waals surface area contributed by atoms with Gasteiger partial charge in [0.05, 0.1) is 11.5 Å². The third kappa shape index (κ3) is 2.62. The number of hydrogen-bond donors (Lipinski definition) is 1. The van der Waals surface area contributed by atoms with Crippen molar-refractivity contribution in [1.82, 2.24) is 5.32 Å². The van der Waals surface area contributed by atoms with E-state index in [1.807, 2.05) is 6.07 Å². The molecule has 92 valence electrons. The van der Waals surface area contributed by atoms with Crippen LogP contribution in [0.4, 0.5) is 5.69 Å². The van der Waals surface area contributed by atoms with E-state index in [0.29, 0.717) is 12.5 Å². The molecule has 0 radical (unpaired) electrons. The lowest BCUT2D eigenvalue weighted by Crippen LogP contribution is -2.20. The molecule has 2 rings (SSSR count). The van der Waals surface area contributed by atoms with Gasteiger partial charge in [0, 0.05) is 31.2 Å². The molecule has 17 heavy (non-hydrogen) atoms. The Bertz CT molecular complexity index is 408. The van der Waals surface area contributed by atoms with Gasteiger partial charge in [-0.1, -0.05) is 12.1 Å². The van der Waals surface area contributed by atoms with E-state index < -0.39 is 0 Å². The first-order valence-electron chi connectivity index (χ1n) is 5.69. The maximum atomic E-state index is 10.7. The lowest BCUT2D eigenvalue weighted by Gasteiger charge is -2.18. The Hall–Kier alpha value is -1.46. The summed E-state index contributed by atoms with van der Waals surface area (Å²) in [6.45, 7) is 1.61. The molecule has 1 fully saturated rings. The molecule has 5 nitrogen and oxygen atoms in total. The Balaban J connectivity index is 2.21. The molecule has 0 bridgehead atoms. The molecule has 2 unspecified atom stereocenters. The van der Waals surface area contributed by atoms with Crippen LogP contribution in [0.25, 0.3) is 0 Å². The van der Waals surface area contributed by atoms with Crippen LogP contribution in [0.15, 0.2) is 24.3 Å². The second-order valence-electron chi connectivity index (χ2n) is 4.29. The average Bonchev–Trinajstić information content (AvgIpc) is 2.78. The third-order valence-corrected chi connectivity index (χ3v) is 3.17. The Morgan fingerprint density at radius 1 is 1.59 bits per heavy atom. The summed E-state index contributed by atoms with van der Waals surface area (Å²) in [5.41, 5.74) is 1.12. The Morgan fingerprint density at radius 3 is 3.12 bits per heavy atom. The molecule has 1 aliphatic rings. The van der Waals surface area contributed by atoms with E-state index in [1.165, 1.54) is 6.07 Å². The van der Waals surface area contributed by atoms with E-state index in [4.69, 9.17) is 4.74 Å². The van der Waals surface area contributed by atoms with Gasteiger partial charge >= 0.3 is 0 Å². The van der Waals surface area contributed by atoms with E-state index in [-0.39, 0.29) is 16.7 Å². The number of hydrogen-bond acceptors (Lipinski definition) is 4. The topological polar surface area (TPSA) is 64.4 Å². The van der Waals surface area contributed by atoms with Crippen molar-refractivity contribution in [2.45, 2.75) is 12.5 Å². The highest BCUT2D eigenvalue weighted by Crippen LogP contribution is 2.31. The Labute approximate surface area is 99.9 Å². The van der Waals surface area contributed by atoms with Gasteiger partial charge in [0.15, 0.2) is 0 Å². The number of methoxy groups -OCH3 is 1. The summed E-state index contributed by atoms with van der Waals surface area (Å²) in [4.78, 5) is 10.4. The van der Waals surface area contributed by atoms with Crippen LogP contribution in [0, 0.1) is 16.0 Å². The quantitative estimate of drug-likeness (QED) is 0.640. The van der Waals surface area contributed by atoms with Gasteiger partial charge in [0.1, 0.15) is 0 Å². The molecule has 1 aromatic carbocycles. The Kier molecular flexibility index (Phi) is 3.71. The molecule has 2 atom stereocenters. The van der Waals surface area contributed by atoms with E-state index in [1.54, 1.807) is 19.2 Å². The van der Waals surface area contributed by atoms with Crippen LogP contribution in [0.5, 0.6) is 0 Å². The second kappa shape index (κ2) is 5.25. The van der Waals surface area contributed by atoms with Crippen LogP contribution in [0.2, 0.25) is 0 Å². The number of ether oxygens (including phenoxy) is 1. The maximum Gasteiger partial charge on any atom is 0.269 e. The summed E-state index contributed by atoms with van der Waals surface area (Å²) in [5.74, 6) is 0.391. The summed E-state index contributed by atoms with van der Waals surface area (Å²) in [6, 6.07) is 6.99. The second-order valence-corrected chi connectivity index (χ2v) is 4.29. The fourth-order valence-electron chi connectivity index (χ4n) is 2.37. The van der Waals surface area contributed by atoms with Crippen molar-refractivity contribution in [2.24, 2.45) is 5.92 Å². The summed E-state index contributed by atoms with van der Waals surface area (Å²) >= 11 is 0. The zero-order valence-electron chi connectivity index (χ0n) is 9.76. The lowest BCUT2D eigenvalue weighted by atomic mass is 9.95. The van der Waals surface area contributed by atoms with Crippen molar-refractivity contribution in [3.8, 4) is 0 Å². The van der Waals surface area contributed by atoms with Gasteiger partial charge in [-0.2, -0.15) is 0 Å². The van der Waals surface area contributed by atoms with Crippen molar-refractivity contribution >= 4 is 5.69 Å². The first-order chi connectivity index (χ1) is 8.22. The predicted octanol–water partition coefficient (Wildman–Crippen LogP) is 1.89. The third-order valence-electron chi connectivity index (χ3n) is 3.17. The molecule has 0 spiro atoms. The minimum atomic E-state index is -0.357. The van der Waals surface area contributed by atoms with Crippen molar-refractivity contribution in [3.63, 3.8) is 0 Å². The number of rotatable bonds is 4. The van der Waals surface area contributed by atoms with Crippen molar-refractivity contribution in [2.75, 3.05) is 20.3 Å². The fourth-order valence-corrected chi connectivity index (χ4v) is 2.37. The van der Waals surface area contributed by atoms with Gasteiger partial charge in [-0.25, -0.2) is 0 Å². The highest BCUT2D eigenvalue weighted by Gasteiger charge is 2.28. The average molecular weight is 236 g/mol. The van der Waals surface area contributed by atoms with E-state index in [0.717, 1.165) is 18.5 Å². The van der Waals surface area contributed by atoms with Gasteiger partial charge in [-0.05, 0) is 18.5 Å². The SMILES string of the molecule is COCC1CCNC1c1cccc([N+](=O)[O-])c1. The number of nitro groups is 1. The summed E-state index contributed by atoms with van der Waals surface area (Å²) in [6.07, 6.45) is 1.04. The molecule has 1 N–H and O–H groups in total. The lowest BCUT2D eigenvalue weighted by molar-refractivity contribution is -0.384. The molecule has 0 saturated carbocycles. The molecule has 1 aliphatic heterocycles. The summed E-state index contributed by atoms with van der Waals surface area (Å²) < 4.78 is 5.18. The van der Waals surface area contributed by atoms with Crippen LogP contribution in [-0.4, -0.2) is 25.2 Å². The standard InChI is InChI=1S/C12H16N2O3/c1-17-8-10-5-6-13-12(10)9-3-2-4-11(7-9)14(15)16/h2-4,7,10,12-13H,5-6,8H2,1H3. The molecule has 0 amide bonds. The van der Waals surface area contributed by atoms with Crippen LogP contribution in [-0.2, 0) is 4.74 Å². The van der Waals surface area contributed by atoms with Gasteiger partial charge in [0.2, 0.25) is 0 Å². The van der Waals surface area contributed by atoms with Gasteiger partial charge in [-0.15, -0.1) is 0 Å². The minimum Gasteiger partial charge on any atom is -0.384 e. The van der Waals surface area contributed by atoms with Crippen molar-refractivity contribution in [1.29, 1.82) is 0 Å². The molecule has 1 heterocycles. The first kappa shape index (κ1) is 12.0. The van der Waals surface area contributed by atoms with Gasteiger partial charge < -0.3 is 10.1 Å². The van der Waals surface area contributed by atoms with Crippen molar-refractivity contribution in [3.05, 3.63) is 39.9 Å². The zero-order valence-corrected chi connectivity index (χ0v) is 9.76. The zero-order chi connectivity index (χ0) is 12.3. The fraction of sp³-hybridized carbons (Fsp3) is 0.500. The predicted molar refractivity (Wildman–Crippen MR) is 63.8 cm³/mol. The van der Waals surface area contributed by atoms with Gasteiger partial charge in [-0.3, -0.25) is 10.1 Å². The highest BCUT2D eigenvalue weighted by atomic mass is 16.6. The number of nitrogens with zero attached hydrogens (tertiary/aromatic N) is 1. The number of nitrogens with one attached hydrogen (secondary N) is 1. The number of benzene rings is 1. The van der Waals surface area contributed by atoms with E-state index >= 15 is 0 Å². The number of non-ortho nitro benzene ring substituents is 1. The summed E-state index contributed by atoms with van der Waals surface area (Å²) in [5, 5.41) is 14.1. The molecular weight excluding hydrogens is 220 g/mol. The van der Waals surface area contributed by atoms with Crippen LogP contribution in [0.1, 0.15) is 18.0 Å². The molecular formula is C12H16N2O3. The largest absolute Gasteiger partial charge is 0.384 e. The molecule has 0 aliphatic carbocycles. The van der Waals surface area contributed by atoms with Crippen molar-refractivity contribution < 1.29 is 9.66 Å². The van der Waals surface area contributed by atoms with Crippen LogP contribution in [0.3, 0.4) is 0 Å². The van der Waals surface area contributed by atoms with E-state index in [9.17, 15) is 10.1 Å². The molecule has 0 aromatic heterocycles. The van der Waals surface area contributed by atoms with E-state index in [2.05, 4.69) is 5.32 Å². The number of nitro benzene ring substituents is 1. The van der Waals surface area contributed by atoms with Crippen LogP contribution < -0.4 is 5.32 Å². The monoisotopic (exact) mass is 236 g/mol. The van der Waals surface area contributed by atoms with Crippen LogP contribution >= 0.6 is 0 Å². The molecule has 5 heteroatoms. The minimum absolute atomic E-state index is 0.146. The molecule has 1 saturated heterocycles. The Morgan fingerprint density at radius 2 is 2.41 bits per heavy atom. The molecule has 1 aromatic rings. The van der Waals surface area contributed by atoms with Gasteiger partial charge in [0.25, 0.3) is 5.69 Å². The highest BCUT2D eigenvalue weighted by molar-refractivity contribution is 5.36. The first-order valence-corrected chi connectivity index (χ1v) is 5.69. The normalized spacial score (nSPS) is 23.8. The summed E-state index contributed by atoms with van der Waals surface area (Å²) in [7, 11) is 1.68. The smallest absolute Gasteiger partial charge is 0.269 e.